The van der Waals surface area contributed by atoms with Gasteiger partial charge < -0.3 is 5.32 Å². The van der Waals surface area contributed by atoms with Crippen LogP contribution < -0.4 is 5.32 Å². The zero-order valence-electron chi connectivity index (χ0n) is 11.5. The van der Waals surface area contributed by atoms with Gasteiger partial charge in [0.15, 0.2) is 0 Å². The van der Waals surface area contributed by atoms with Gasteiger partial charge in [-0.3, -0.25) is 4.79 Å². The molecule has 0 saturated carbocycles. The number of amides is 1. The molecule has 0 fully saturated rings. The Morgan fingerprint density at radius 1 is 1.20 bits per heavy atom. The van der Waals surface area contributed by atoms with E-state index >= 15 is 0 Å². The molecule has 1 amide bonds. The van der Waals surface area contributed by atoms with Crippen LogP contribution in [-0.2, 0) is 6.18 Å². The molecule has 0 aromatic heterocycles. The lowest BCUT2D eigenvalue weighted by Crippen LogP contribution is -2.33. The number of halogens is 4. The van der Waals surface area contributed by atoms with Gasteiger partial charge in [-0.15, -0.1) is 0 Å². The lowest BCUT2D eigenvalue weighted by Gasteiger charge is -2.16. The maximum atomic E-state index is 13.2. The highest BCUT2D eigenvalue weighted by molar-refractivity contribution is 5.94. The minimum absolute atomic E-state index is 0.194. The Morgan fingerprint density at radius 2 is 1.80 bits per heavy atom. The molecule has 0 saturated heterocycles. The van der Waals surface area contributed by atoms with Crippen LogP contribution in [0.1, 0.15) is 43.1 Å². The molecular weight excluding hydrogens is 274 g/mol. The summed E-state index contributed by atoms with van der Waals surface area (Å²) in [6, 6.07) is 1.63. The lowest BCUT2D eigenvalue weighted by molar-refractivity contribution is -0.137. The van der Waals surface area contributed by atoms with Crippen LogP contribution in [0.25, 0.3) is 0 Å². The number of nitrogens with one attached hydrogen (secondary N) is 1. The molecule has 1 N–H and O–H groups in total. The van der Waals surface area contributed by atoms with Gasteiger partial charge in [-0.1, -0.05) is 13.8 Å². The van der Waals surface area contributed by atoms with Crippen molar-refractivity contribution in [3.63, 3.8) is 0 Å². The monoisotopic (exact) mass is 291 g/mol. The maximum absolute atomic E-state index is 13.2. The van der Waals surface area contributed by atoms with Gasteiger partial charge >= 0.3 is 6.18 Å². The summed E-state index contributed by atoms with van der Waals surface area (Å²) >= 11 is 0. The zero-order valence-corrected chi connectivity index (χ0v) is 11.5. The Kier molecular flexibility index (Phi) is 5.14. The van der Waals surface area contributed by atoms with Gasteiger partial charge in [0.2, 0.25) is 0 Å². The van der Waals surface area contributed by atoms with Crippen LogP contribution in [-0.4, -0.2) is 11.9 Å². The summed E-state index contributed by atoms with van der Waals surface area (Å²) in [7, 11) is 0. The molecule has 0 aliphatic rings. The van der Waals surface area contributed by atoms with E-state index in [-0.39, 0.29) is 11.6 Å². The molecule has 1 rings (SSSR count). The Labute approximate surface area is 115 Å². The second-order valence-corrected chi connectivity index (χ2v) is 5.23. The topological polar surface area (TPSA) is 29.1 Å². The Hall–Kier alpha value is -1.59. The molecule has 112 valence electrons. The van der Waals surface area contributed by atoms with Crippen molar-refractivity contribution in [3.8, 4) is 0 Å². The Balaban J connectivity index is 2.91. The first-order chi connectivity index (χ1) is 9.09. The number of hydrogen-bond acceptors (Lipinski definition) is 1. The predicted octanol–water partition coefficient (Wildman–Crippen LogP) is 4.01. The molecule has 0 heterocycles. The van der Waals surface area contributed by atoms with Crippen LogP contribution in [0.5, 0.6) is 0 Å². The average molecular weight is 291 g/mol. The molecule has 20 heavy (non-hydrogen) atoms. The summed E-state index contributed by atoms with van der Waals surface area (Å²) in [5, 5.41) is 2.56. The number of benzene rings is 1. The Morgan fingerprint density at radius 3 is 2.30 bits per heavy atom. The first-order valence-electron chi connectivity index (χ1n) is 6.28. The summed E-state index contributed by atoms with van der Waals surface area (Å²) in [6.07, 6.45) is -3.99. The molecule has 0 spiro atoms. The van der Waals surface area contributed by atoms with Crippen molar-refractivity contribution in [1.82, 2.24) is 5.32 Å². The van der Waals surface area contributed by atoms with E-state index in [1.807, 2.05) is 13.8 Å². The standard InChI is InChI=1S/C14H17F4NO/c1-8(2)4-9(3)19-13(20)10-5-11(14(16,17)18)7-12(15)6-10/h5-9H,4H2,1-3H3,(H,19,20)/t9-/m1/s1. The highest BCUT2D eigenvalue weighted by Crippen LogP contribution is 2.30. The predicted molar refractivity (Wildman–Crippen MR) is 67.8 cm³/mol. The van der Waals surface area contributed by atoms with Crippen LogP contribution in [0.3, 0.4) is 0 Å². The SMILES string of the molecule is CC(C)C[C@@H](C)NC(=O)c1cc(F)cc(C(F)(F)F)c1. The number of carbonyl (C=O) groups is 1. The molecule has 1 aromatic carbocycles. The van der Waals surface area contributed by atoms with Gasteiger partial charge in [-0.25, -0.2) is 4.39 Å². The van der Waals surface area contributed by atoms with E-state index in [2.05, 4.69) is 5.32 Å². The number of hydrogen-bond donors (Lipinski definition) is 1. The van der Waals surface area contributed by atoms with E-state index in [0.717, 1.165) is 6.07 Å². The summed E-state index contributed by atoms with van der Waals surface area (Å²) < 4.78 is 50.8. The molecule has 0 unspecified atom stereocenters. The average Bonchev–Trinajstić information content (AvgIpc) is 2.25. The van der Waals surface area contributed by atoms with Crippen LogP contribution in [0, 0.1) is 11.7 Å². The second kappa shape index (κ2) is 6.24. The fraction of sp³-hybridized carbons (Fsp3) is 0.500. The number of alkyl halides is 3. The van der Waals surface area contributed by atoms with Crippen molar-refractivity contribution < 1.29 is 22.4 Å². The smallest absolute Gasteiger partial charge is 0.350 e. The van der Waals surface area contributed by atoms with Gasteiger partial charge in [0.05, 0.1) is 5.56 Å². The minimum Gasteiger partial charge on any atom is -0.350 e. The highest BCUT2D eigenvalue weighted by atomic mass is 19.4. The van der Waals surface area contributed by atoms with Gasteiger partial charge in [0, 0.05) is 11.6 Å². The quantitative estimate of drug-likeness (QED) is 0.834. The van der Waals surface area contributed by atoms with Crippen molar-refractivity contribution in [2.45, 2.75) is 39.4 Å². The van der Waals surface area contributed by atoms with Gasteiger partial charge in [-0.05, 0) is 37.5 Å². The molecule has 6 heteroatoms. The van der Waals surface area contributed by atoms with Crippen molar-refractivity contribution in [2.75, 3.05) is 0 Å². The van der Waals surface area contributed by atoms with Crippen molar-refractivity contribution in [3.05, 3.63) is 35.1 Å². The van der Waals surface area contributed by atoms with E-state index < -0.39 is 23.5 Å². The van der Waals surface area contributed by atoms with Gasteiger partial charge in [-0.2, -0.15) is 13.2 Å². The minimum atomic E-state index is -4.68. The van der Waals surface area contributed by atoms with Crippen LogP contribution in [0.4, 0.5) is 17.6 Å². The summed E-state index contributed by atoms with van der Waals surface area (Å²) in [4.78, 5) is 11.8. The second-order valence-electron chi connectivity index (χ2n) is 5.23. The molecule has 0 aliphatic heterocycles. The van der Waals surface area contributed by atoms with E-state index in [4.69, 9.17) is 0 Å². The van der Waals surface area contributed by atoms with Crippen molar-refractivity contribution >= 4 is 5.91 Å². The van der Waals surface area contributed by atoms with Crippen molar-refractivity contribution in [2.24, 2.45) is 5.92 Å². The third kappa shape index (κ3) is 4.83. The van der Waals surface area contributed by atoms with Gasteiger partial charge in [0.25, 0.3) is 5.91 Å². The highest BCUT2D eigenvalue weighted by Gasteiger charge is 2.32. The first kappa shape index (κ1) is 16.5. The third-order valence-electron chi connectivity index (χ3n) is 2.69. The first-order valence-corrected chi connectivity index (χ1v) is 6.28. The molecule has 2 nitrogen and oxygen atoms in total. The Bertz CT molecular complexity index is 483. The van der Waals surface area contributed by atoms with E-state index in [9.17, 15) is 22.4 Å². The molecule has 0 bridgehead atoms. The maximum Gasteiger partial charge on any atom is 0.416 e. The van der Waals surface area contributed by atoms with E-state index in [1.54, 1.807) is 6.92 Å². The summed E-state index contributed by atoms with van der Waals surface area (Å²) in [5.41, 5.74) is -1.49. The fourth-order valence-electron chi connectivity index (χ4n) is 1.96. The number of rotatable bonds is 4. The molecular formula is C14H17F4NO. The lowest BCUT2D eigenvalue weighted by atomic mass is 10.0. The summed E-state index contributed by atoms with van der Waals surface area (Å²) in [5.74, 6) is -1.45. The van der Waals surface area contributed by atoms with Crippen LogP contribution in [0.2, 0.25) is 0 Å². The fourth-order valence-corrected chi connectivity index (χ4v) is 1.96. The molecule has 0 aliphatic carbocycles. The normalized spacial score (nSPS) is 13.4. The van der Waals surface area contributed by atoms with E-state index in [0.29, 0.717) is 24.5 Å². The van der Waals surface area contributed by atoms with Crippen LogP contribution in [0.15, 0.2) is 18.2 Å². The largest absolute Gasteiger partial charge is 0.416 e. The van der Waals surface area contributed by atoms with E-state index in [1.165, 1.54) is 0 Å². The van der Waals surface area contributed by atoms with Crippen LogP contribution >= 0.6 is 0 Å². The summed E-state index contributed by atoms with van der Waals surface area (Å²) in [6.45, 7) is 5.68. The van der Waals surface area contributed by atoms with Gasteiger partial charge in [0.1, 0.15) is 5.82 Å². The zero-order chi connectivity index (χ0) is 15.5. The third-order valence-corrected chi connectivity index (χ3v) is 2.69. The molecule has 1 atom stereocenters. The molecule has 0 radical (unpaired) electrons. The number of carbonyl (C=O) groups excluding carboxylic acids is 1. The van der Waals surface area contributed by atoms with Crippen molar-refractivity contribution in [1.29, 1.82) is 0 Å². The molecule has 1 aromatic rings.